The van der Waals surface area contributed by atoms with Crippen molar-refractivity contribution in [3.8, 4) is 11.4 Å². The molecule has 0 radical (unpaired) electrons. The fourth-order valence-electron chi connectivity index (χ4n) is 2.10. The van der Waals surface area contributed by atoms with Crippen molar-refractivity contribution in [2.24, 2.45) is 0 Å². The van der Waals surface area contributed by atoms with E-state index in [1.807, 2.05) is 13.0 Å². The van der Waals surface area contributed by atoms with E-state index in [4.69, 9.17) is 5.73 Å². The van der Waals surface area contributed by atoms with Gasteiger partial charge in [-0.2, -0.15) is 0 Å². The summed E-state index contributed by atoms with van der Waals surface area (Å²) in [6, 6.07) is 4.78. The summed E-state index contributed by atoms with van der Waals surface area (Å²) < 4.78 is 14.2. The van der Waals surface area contributed by atoms with Crippen LogP contribution in [0.3, 0.4) is 0 Å². The molecule has 19 heavy (non-hydrogen) atoms. The van der Waals surface area contributed by atoms with E-state index in [1.54, 1.807) is 0 Å². The summed E-state index contributed by atoms with van der Waals surface area (Å²) in [5.74, 6) is 1.07. The molecule has 0 unspecified atom stereocenters. The number of nitrogen functional groups attached to an aromatic ring is 1. The van der Waals surface area contributed by atoms with Gasteiger partial charge in [-0.25, -0.2) is 14.4 Å². The second-order valence-electron chi connectivity index (χ2n) is 4.92. The van der Waals surface area contributed by atoms with Crippen LogP contribution < -0.4 is 5.73 Å². The van der Waals surface area contributed by atoms with Crippen LogP contribution >= 0.6 is 15.9 Å². The summed E-state index contributed by atoms with van der Waals surface area (Å²) >= 11 is 3.43. The van der Waals surface area contributed by atoms with Gasteiger partial charge >= 0.3 is 0 Å². The minimum atomic E-state index is -0.284. The van der Waals surface area contributed by atoms with Crippen LogP contribution in [-0.2, 0) is 0 Å². The Labute approximate surface area is 119 Å². The topological polar surface area (TPSA) is 51.8 Å². The summed E-state index contributed by atoms with van der Waals surface area (Å²) in [6.45, 7) is 1.84. The number of nitrogens with zero attached hydrogens (tertiary/aromatic N) is 2. The Balaban J connectivity index is 2.14. The van der Waals surface area contributed by atoms with E-state index in [2.05, 4.69) is 25.9 Å². The standard InChI is InChI=1S/C14H13BrFN3/c1-7-4-9(6-10(16)5-7)14-18-12(8-2-3-8)11(15)13(17)19-14/h4-6,8H,2-3H2,1H3,(H2,17,18,19). The number of hydrogen-bond acceptors (Lipinski definition) is 3. The normalized spacial score (nSPS) is 14.7. The average molecular weight is 322 g/mol. The van der Waals surface area contributed by atoms with Crippen molar-refractivity contribution in [2.45, 2.75) is 25.7 Å². The number of halogens is 2. The molecular formula is C14H13BrFN3. The second kappa shape index (κ2) is 4.56. The maximum absolute atomic E-state index is 13.5. The predicted molar refractivity (Wildman–Crippen MR) is 76.3 cm³/mol. The van der Waals surface area contributed by atoms with Crippen LogP contribution in [0.2, 0.25) is 0 Å². The molecular weight excluding hydrogens is 309 g/mol. The van der Waals surface area contributed by atoms with Crippen molar-refractivity contribution in [3.63, 3.8) is 0 Å². The minimum absolute atomic E-state index is 0.284. The van der Waals surface area contributed by atoms with Crippen LogP contribution in [-0.4, -0.2) is 9.97 Å². The van der Waals surface area contributed by atoms with Crippen molar-refractivity contribution in [2.75, 3.05) is 5.73 Å². The fraction of sp³-hybridized carbons (Fsp3) is 0.286. The first-order valence-electron chi connectivity index (χ1n) is 6.15. The van der Waals surface area contributed by atoms with Crippen LogP contribution in [0.4, 0.5) is 10.2 Å². The first-order valence-corrected chi connectivity index (χ1v) is 6.94. The first-order chi connectivity index (χ1) is 9.04. The molecule has 1 aromatic carbocycles. The van der Waals surface area contributed by atoms with E-state index < -0.39 is 0 Å². The van der Waals surface area contributed by atoms with E-state index in [0.29, 0.717) is 23.1 Å². The van der Waals surface area contributed by atoms with Crippen LogP contribution in [0.25, 0.3) is 11.4 Å². The molecule has 3 nitrogen and oxygen atoms in total. The predicted octanol–water partition coefficient (Wildman–Crippen LogP) is 3.81. The zero-order chi connectivity index (χ0) is 13.6. The van der Waals surface area contributed by atoms with Crippen molar-refractivity contribution >= 4 is 21.7 Å². The number of aromatic nitrogens is 2. The highest BCUT2D eigenvalue weighted by molar-refractivity contribution is 9.10. The van der Waals surface area contributed by atoms with Gasteiger partial charge in [-0.1, -0.05) is 0 Å². The van der Waals surface area contributed by atoms with E-state index in [9.17, 15) is 4.39 Å². The number of benzene rings is 1. The Bertz CT molecular complexity index is 633. The fourth-order valence-corrected chi connectivity index (χ4v) is 2.61. The monoisotopic (exact) mass is 321 g/mol. The van der Waals surface area contributed by atoms with Gasteiger partial charge < -0.3 is 5.73 Å². The lowest BCUT2D eigenvalue weighted by molar-refractivity contribution is 0.627. The molecule has 1 aliphatic rings. The first kappa shape index (κ1) is 12.5. The molecule has 0 spiro atoms. The summed E-state index contributed by atoms with van der Waals surface area (Å²) in [5.41, 5.74) is 8.35. The van der Waals surface area contributed by atoms with Gasteiger partial charge in [-0.15, -0.1) is 0 Å². The molecule has 1 fully saturated rings. The summed E-state index contributed by atoms with van der Waals surface area (Å²) in [4.78, 5) is 8.79. The van der Waals surface area contributed by atoms with Crippen molar-refractivity contribution < 1.29 is 4.39 Å². The molecule has 0 bridgehead atoms. The third kappa shape index (κ3) is 2.47. The van der Waals surface area contributed by atoms with E-state index in [0.717, 1.165) is 28.6 Å². The summed E-state index contributed by atoms with van der Waals surface area (Å²) in [5, 5.41) is 0. The highest BCUT2D eigenvalue weighted by Gasteiger charge is 2.29. The SMILES string of the molecule is Cc1cc(F)cc(-c2nc(N)c(Br)c(C3CC3)n2)c1. The Morgan fingerprint density at radius 3 is 2.63 bits per heavy atom. The molecule has 1 aliphatic carbocycles. The Kier molecular flexibility index (Phi) is 3.01. The second-order valence-corrected chi connectivity index (χ2v) is 5.72. The highest BCUT2D eigenvalue weighted by atomic mass is 79.9. The van der Waals surface area contributed by atoms with Gasteiger partial charge in [0.25, 0.3) is 0 Å². The lowest BCUT2D eigenvalue weighted by Crippen LogP contribution is -2.02. The number of hydrogen-bond donors (Lipinski definition) is 1. The number of nitrogens with two attached hydrogens (primary N) is 1. The maximum atomic E-state index is 13.5. The Morgan fingerprint density at radius 1 is 1.26 bits per heavy atom. The average Bonchev–Trinajstić information content (AvgIpc) is 3.15. The van der Waals surface area contributed by atoms with Gasteiger partial charge in [0.1, 0.15) is 11.6 Å². The lowest BCUT2D eigenvalue weighted by atomic mass is 10.1. The smallest absolute Gasteiger partial charge is 0.161 e. The van der Waals surface area contributed by atoms with Crippen LogP contribution in [0.15, 0.2) is 22.7 Å². The Morgan fingerprint density at radius 2 is 2.00 bits per heavy atom. The van der Waals surface area contributed by atoms with Gasteiger partial charge in [0.15, 0.2) is 5.82 Å². The largest absolute Gasteiger partial charge is 0.383 e. The molecule has 0 amide bonds. The minimum Gasteiger partial charge on any atom is -0.383 e. The van der Waals surface area contributed by atoms with Gasteiger partial charge in [-0.05, 0) is 59.5 Å². The highest BCUT2D eigenvalue weighted by Crippen LogP contribution is 2.44. The number of anilines is 1. The molecule has 0 aliphatic heterocycles. The van der Waals surface area contributed by atoms with Crippen molar-refractivity contribution in [1.82, 2.24) is 9.97 Å². The lowest BCUT2D eigenvalue weighted by Gasteiger charge is -2.09. The summed E-state index contributed by atoms with van der Waals surface area (Å²) in [7, 11) is 0. The molecule has 2 aromatic rings. The van der Waals surface area contributed by atoms with E-state index >= 15 is 0 Å². The van der Waals surface area contributed by atoms with E-state index in [1.165, 1.54) is 12.1 Å². The van der Waals surface area contributed by atoms with E-state index in [-0.39, 0.29) is 5.82 Å². The van der Waals surface area contributed by atoms with Gasteiger partial charge in [-0.3, -0.25) is 0 Å². The molecule has 5 heteroatoms. The molecule has 0 saturated heterocycles. The number of aryl methyl sites for hydroxylation is 1. The maximum Gasteiger partial charge on any atom is 0.161 e. The third-order valence-corrected chi connectivity index (χ3v) is 3.98. The zero-order valence-corrected chi connectivity index (χ0v) is 12.0. The molecule has 2 N–H and O–H groups in total. The molecule has 98 valence electrons. The van der Waals surface area contributed by atoms with Crippen LogP contribution in [0, 0.1) is 12.7 Å². The van der Waals surface area contributed by atoms with Gasteiger partial charge in [0, 0.05) is 11.5 Å². The van der Waals surface area contributed by atoms with Gasteiger partial charge in [0.05, 0.1) is 10.2 Å². The molecule has 3 rings (SSSR count). The third-order valence-electron chi connectivity index (χ3n) is 3.17. The molecule has 0 atom stereocenters. The van der Waals surface area contributed by atoms with Crippen LogP contribution in [0.1, 0.15) is 30.0 Å². The van der Waals surface area contributed by atoms with Gasteiger partial charge in [0.2, 0.25) is 0 Å². The Hall–Kier alpha value is -1.49. The molecule has 1 saturated carbocycles. The quantitative estimate of drug-likeness (QED) is 0.914. The molecule has 1 aromatic heterocycles. The number of rotatable bonds is 2. The molecule has 1 heterocycles. The summed E-state index contributed by atoms with van der Waals surface area (Å²) in [6.07, 6.45) is 2.24. The van der Waals surface area contributed by atoms with Crippen LogP contribution in [0.5, 0.6) is 0 Å². The zero-order valence-electron chi connectivity index (χ0n) is 10.5. The van der Waals surface area contributed by atoms with Crippen molar-refractivity contribution in [1.29, 1.82) is 0 Å². The van der Waals surface area contributed by atoms with Crippen molar-refractivity contribution in [3.05, 3.63) is 39.7 Å².